The van der Waals surface area contributed by atoms with E-state index in [0.29, 0.717) is 13.0 Å². The van der Waals surface area contributed by atoms with E-state index in [1.54, 1.807) is 6.20 Å². The highest BCUT2D eigenvalue weighted by molar-refractivity contribution is 5.34. The maximum Gasteiger partial charge on any atom is 0.0704 e. The minimum absolute atomic E-state index is 0.383. The molecular formula is C19H21N3O. The van der Waals surface area contributed by atoms with Crippen LogP contribution in [-0.2, 0) is 13.0 Å². The molecule has 1 aromatic heterocycles. The second-order valence-electron chi connectivity index (χ2n) is 5.59. The fourth-order valence-corrected chi connectivity index (χ4v) is 2.57. The van der Waals surface area contributed by atoms with Crippen molar-refractivity contribution in [2.75, 3.05) is 6.54 Å². The number of aliphatic hydroxyl groups is 1. The quantitative estimate of drug-likeness (QED) is 0.705. The van der Waals surface area contributed by atoms with Crippen molar-refractivity contribution in [2.45, 2.75) is 19.1 Å². The minimum Gasteiger partial charge on any atom is -0.391 e. The number of hydrogen-bond acceptors (Lipinski definition) is 3. The first-order chi connectivity index (χ1) is 11.3. The molecule has 0 aliphatic rings. The Morgan fingerprint density at radius 3 is 2.61 bits per heavy atom. The fraction of sp³-hybridized carbons (Fsp3) is 0.211. The Hall–Kier alpha value is -2.43. The van der Waals surface area contributed by atoms with Gasteiger partial charge in [0.05, 0.1) is 11.8 Å². The molecule has 0 fully saturated rings. The monoisotopic (exact) mass is 307 g/mol. The van der Waals surface area contributed by atoms with Gasteiger partial charge in [-0.2, -0.15) is 5.10 Å². The van der Waals surface area contributed by atoms with Gasteiger partial charge in [-0.25, -0.2) is 4.68 Å². The lowest BCUT2D eigenvalue weighted by molar-refractivity contribution is 0.171. The van der Waals surface area contributed by atoms with E-state index in [1.807, 2.05) is 59.4 Å². The average molecular weight is 307 g/mol. The summed E-state index contributed by atoms with van der Waals surface area (Å²) in [6.07, 6.45) is 3.98. The summed E-state index contributed by atoms with van der Waals surface area (Å²) in [6.45, 7) is 1.29. The minimum atomic E-state index is -0.383. The second kappa shape index (κ2) is 7.72. The van der Waals surface area contributed by atoms with Gasteiger partial charge in [-0.1, -0.05) is 42.5 Å². The van der Waals surface area contributed by atoms with Crippen molar-refractivity contribution in [1.29, 1.82) is 0 Å². The van der Waals surface area contributed by atoms with E-state index in [9.17, 15) is 5.11 Å². The number of aromatic nitrogens is 2. The van der Waals surface area contributed by atoms with Crippen LogP contribution in [0.3, 0.4) is 0 Å². The van der Waals surface area contributed by atoms with Gasteiger partial charge in [0, 0.05) is 25.5 Å². The molecule has 1 atom stereocenters. The molecule has 3 aromatic rings. The number of hydrogen-bond donors (Lipinski definition) is 2. The first-order valence-corrected chi connectivity index (χ1v) is 7.83. The third-order valence-corrected chi connectivity index (χ3v) is 3.70. The van der Waals surface area contributed by atoms with Crippen LogP contribution in [0.1, 0.15) is 11.1 Å². The summed E-state index contributed by atoms with van der Waals surface area (Å²) in [7, 11) is 0. The molecule has 2 N–H and O–H groups in total. The molecule has 0 saturated carbocycles. The van der Waals surface area contributed by atoms with Crippen molar-refractivity contribution in [3.8, 4) is 5.69 Å². The van der Waals surface area contributed by atoms with E-state index in [-0.39, 0.29) is 6.10 Å². The van der Waals surface area contributed by atoms with E-state index < -0.39 is 0 Å². The lowest BCUT2D eigenvalue weighted by Crippen LogP contribution is -2.28. The van der Waals surface area contributed by atoms with Crippen LogP contribution in [0.5, 0.6) is 0 Å². The van der Waals surface area contributed by atoms with Crippen molar-refractivity contribution < 1.29 is 5.11 Å². The molecule has 0 radical (unpaired) electrons. The number of nitrogens with one attached hydrogen (secondary N) is 1. The predicted molar refractivity (Wildman–Crippen MR) is 91.4 cm³/mol. The SMILES string of the molecule is OC(CNCc1cccc(-n2cccn2)c1)Cc1ccccc1. The lowest BCUT2D eigenvalue weighted by atomic mass is 10.1. The van der Waals surface area contributed by atoms with Gasteiger partial charge in [0.1, 0.15) is 0 Å². The summed E-state index contributed by atoms with van der Waals surface area (Å²) < 4.78 is 1.84. The van der Waals surface area contributed by atoms with E-state index in [4.69, 9.17) is 0 Å². The van der Waals surface area contributed by atoms with Gasteiger partial charge in [-0.15, -0.1) is 0 Å². The Labute approximate surface area is 136 Å². The number of rotatable bonds is 7. The van der Waals surface area contributed by atoms with Gasteiger partial charge in [0.25, 0.3) is 0 Å². The molecule has 1 heterocycles. The molecule has 4 nitrogen and oxygen atoms in total. The molecule has 2 aromatic carbocycles. The van der Waals surface area contributed by atoms with E-state index in [1.165, 1.54) is 5.56 Å². The Morgan fingerprint density at radius 2 is 1.83 bits per heavy atom. The Balaban J connectivity index is 1.50. The highest BCUT2D eigenvalue weighted by atomic mass is 16.3. The topological polar surface area (TPSA) is 50.1 Å². The largest absolute Gasteiger partial charge is 0.391 e. The van der Waals surface area contributed by atoms with Crippen molar-refractivity contribution in [2.24, 2.45) is 0 Å². The van der Waals surface area contributed by atoms with Gasteiger partial charge < -0.3 is 10.4 Å². The van der Waals surface area contributed by atoms with Crippen molar-refractivity contribution in [3.63, 3.8) is 0 Å². The van der Waals surface area contributed by atoms with E-state index in [2.05, 4.69) is 22.5 Å². The first kappa shape index (κ1) is 15.5. The number of benzene rings is 2. The van der Waals surface area contributed by atoms with E-state index in [0.717, 1.165) is 17.8 Å². The standard InChI is InChI=1S/C19H21N3O/c23-19(13-16-6-2-1-3-7-16)15-20-14-17-8-4-9-18(12-17)22-11-5-10-21-22/h1-12,19-20,23H,13-15H2. The highest BCUT2D eigenvalue weighted by Crippen LogP contribution is 2.09. The maximum atomic E-state index is 10.1. The van der Waals surface area contributed by atoms with Crippen LogP contribution < -0.4 is 5.32 Å². The van der Waals surface area contributed by atoms with E-state index >= 15 is 0 Å². The summed E-state index contributed by atoms with van der Waals surface area (Å²) in [5, 5.41) is 17.7. The third-order valence-electron chi connectivity index (χ3n) is 3.70. The van der Waals surface area contributed by atoms with Gasteiger partial charge in [-0.3, -0.25) is 0 Å². The third kappa shape index (κ3) is 4.52. The summed E-state index contributed by atoms with van der Waals surface area (Å²) in [4.78, 5) is 0. The average Bonchev–Trinajstić information content (AvgIpc) is 3.11. The smallest absolute Gasteiger partial charge is 0.0704 e. The molecule has 23 heavy (non-hydrogen) atoms. The molecule has 1 unspecified atom stereocenters. The zero-order valence-electron chi connectivity index (χ0n) is 13.0. The van der Waals surface area contributed by atoms with Gasteiger partial charge in [-0.05, 0) is 35.7 Å². The first-order valence-electron chi connectivity index (χ1n) is 7.83. The molecule has 0 saturated heterocycles. The fourth-order valence-electron chi connectivity index (χ4n) is 2.57. The number of nitrogens with zero attached hydrogens (tertiary/aromatic N) is 2. The van der Waals surface area contributed by atoms with Gasteiger partial charge in [0.15, 0.2) is 0 Å². The van der Waals surface area contributed by atoms with Crippen LogP contribution in [0.15, 0.2) is 73.1 Å². The predicted octanol–water partition coefficient (Wildman–Crippen LogP) is 2.57. The molecule has 0 amide bonds. The highest BCUT2D eigenvalue weighted by Gasteiger charge is 2.05. The molecule has 0 aliphatic carbocycles. The molecular weight excluding hydrogens is 286 g/mol. The number of aliphatic hydroxyl groups excluding tert-OH is 1. The van der Waals surface area contributed by atoms with Gasteiger partial charge >= 0.3 is 0 Å². The van der Waals surface area contributed by atoms with Crippen LogP contribution in [0.4, 0.5) is 0 Å². The van der Waals surface area contributed by atoms with Crippen LogP contribution >= 0.6 is 0 Å². The Bertz CT molecular complexity index is 710. The Morgan fingerprint density at radius 1 is 1.00 bits per heavy atom. The Kier molecular flexibility index (Phi) is 5.19. The summed E-state index contributed by atoms with van der Waals surface area (Å²) >= 11 is 0. The van der Waals surface area contributed by atoms with Crippen LogP contribution in [0.25, 0.3) is 5.69 Å². The zero-order chi connectivity index (χ0) is 15.9. The normalized spacial score (nSPS) is 12.2. The van der Waals surface area contributed by atoms with Crippen LogP contribution in [-0.4, -0.2) is 27.5 Å². The van der Waals surface area contributed by atoms with Gasteiger partial charge in [0.2, 0.25) is 0 Å². The van der Waals surface area contributed by atoms with Crippen molar-refractivity contribution >= 4 is 0 Å². The molecule has 0 bridgehead atoms. The van der Waals surface area contributed by atoms with Crippen molar-refractivity contribution in [1.82, 2.24) is 15.1 Å². The molecule has 0 spiro atoms. The molecule has 0 aliphatic heterocycles. The summed E-state index contributed by atoms with van der Waals surface area (Å²) in [6, 6.07) is 20.2. The second-order valence-corrected chi connectivity index (χ2v) is 5.59. The zero-order valence-corrected chi connectivity index (χ0v) is 13.0. The van der Waals surface area contributed by atoms with Crippen LogP contribution in [0, 0.1) is 0 Å². The lowest BCUT2D eigenvalue weighted by Gasteiger charge is -2.12. The van der Waals surface area contributed by atoms with Crippen LogP contribution in [0.2, 0.25) is 0 Å². The maximum absolute atomic E-state index is 10.1. The van der Waals surface area contributed by atoms with Crippen molar-refractivity contribution in [3.05, 3.63) is 84.2 Å². The molecule has 118 valence electrons. The summed E-state index contributed by atoms with van der Waals surface area (Å²) in [5.74, 6) is 0. The molecule has 4 heteroatoms. The molecule has 3 rings (SSSR count). The summed E-state index contributed by atoms with van der Waals surface area (Å²) in [5.41, 5.74) is 3.37.